The van der Waals surface area contributed by atoms with E-state index < -0.39 is 14.0 Å². The highest BCUT2D eigenvalue weighted by atomic mass is 28.3. The normalized spacial score (nSPS) is 22.6. The van der Waals surface area contributed by atoms with Gasteiger partial charge in [-0.25, -0.2) is 4.79 Å². The van der Waals surface area contributed by atoms with Gasteiger partial charge in [-0.1, -0.05) is 56.4 Å². The topological polar surface area (TPSA) is 35.5 Å². The van der Waals surface area contributed by atoms with Gasteiger partial charge >= 0.3 is 5.97 Å². The molecule has 0 aliphatic heterocycles. The lowest BCUT2D eigenvalue weighted by atomic mass is 9.82. The summed E-state index contributed by atoms with van der Waals surface area (Å²) in [6.45, 7) is 12.7. The number of rotatable bonds is 5. The van der Waals surface area contributed by atoms with Crippen LogP contribution in [-0.2, 0) is 9.78 Å². The predicted molar refractivity (Wildman–Crippen MR) is 95.7 cm³/mol. The molecule has 3 nitrogen and oxygen atoms in total. The Hall–Kier alpha value is -1.39. The molecule has 2 unspecified atom stereocenters. The summed E-state index contributed by atoms with van der Waals surface area (Å²) < 4.78 is 0. The number of carbonyl (C=O) groups is 1. The van der Waals surface area contributed by atoms with Gasteiger partial charge in [0.2, 0.25) is 0 Å². The summed E-state index contributed by atoms with van der Waals surface area (Å²) >= 11 is 0. The molecular weight excluding hydrogens is 304 g/mol. The zero-order valence-electron chi connectivity index (χ0n) is 14.6. The smallest absolute Gasteiger partial charge is 0.292 e. The van der Waals surface area contributed by atoms with E-state index >= 15 is 0 Å². The lowest BCUT2D eigenvalue weighted by Gasteiger charge is -2.29. The molecule has 1 aliphatic rings. The molecule has 0 amide bonds. The Kier molecular flexibility index (Phi) is 5.82. The lowest BCUT2D eigenvalue weighted by Crippen LogP contribution is -2.39. The number of carbonyl (C=O) groups excluding carboxylic acids is 1. The molecule has 0 bridgehead atoms. The van der Waals surface area contributed by atoms with Crippen molar-refractivity contribution < 1.29 is 14.6 Å². The second kappa shape index (κ2) is 7.45. The minimum absolute atomic E-state index is 0.348. The van der Waals surface area contributed by atoms with Crippen molar-refractivity contribution in [2.45, 2.75) is 46.2 Å². The molecule has 0 aromatic heterocycles. The molecule has 2 rings (SSSR count). The van der Waals surface area contributed by atoms with E-state index in [9.17, 15) is 4.79 Å². The van der Waals surface area contributed by atoms with Crippen LogP contribution >= 0.6 is 0 Å². The summed E-state index contributed by atoms with van der Waals surface area (Å²) in [6, 6.07) is 7.58. The van der Waals surface area contributed by atoms with E-state index in [1.807, 2.05) is 17.8 Å². The molecule has 0 N–H and O–H groups in total. The summed E-state index contributed by atoms with van der Waals surface area (Å²) in [5.74, 6) is 0.499. The van der Waals surface area contributed by atoms with Crippen LogP contribution < -0.4 is 5.19 Å². The minimum Gasteiger partial charge on any atom is -0.292 e. The van der Waals surface area contributed by atoms with E-state index in [2.05, 4.69) is 33.5 Å². The average molecular weight is 332 g/mol. The summed E-state index contributed by atoms with van der Waals surface area (Å²) in [7, 11) is -1.60. The second-order valence-corrected chi connectivity index (χ2v) is 11.6. The van der Waals surface area contributed by atoms with Gasteiger partial charge in [0.05, 0.1) is 5.56 Å². The Morgan fingerprint density at radius 2 is 1.87 bits per heavy atom. The Labute approximate surface area is 140 Å². The van der Waals surface area contributed by atoms with Crippen molar-refractivity contribution in [3.05, 3.63) is 48.2 Å². The van der Waals surface area contributed by atoms with Crippen molar-refractivity contribution >= 4 is 19.2 Å². The molecule has 0 heterocycles. The van der Waals surface area contributed by atoms with Gasteiger partial charge < -0.3 is 0 Å². The first-order valence-corrected chi connectivity index (χ1v) is 11.4. The summed E-state index contributed by atoms with van der Waals surface area (Å²) in [5, 5.41) is 1.24. The van der Waals surface area contributed by atoms with Crippen molar-refractivity contribution in [3.63, 3.8) is 0 Å². The van der Waals surface area contributed by atoms with Crippen LogP contribution in [0.1, 0.15) is 43.5 Å². The zero-order chi connectivity index (χ0) is 17.0. The third-order valence-electron chi connectivity index (χ3n) is 4.79. The van der Waals surface area contributed by atoms with Crippen molar-refractivity contribution in [2.24, 2.45) is 11.8 Å². The number of benzene rings is 1. The fraction of sp³-hybridized carbons (Fsp3) is 0.474. The van der Waals surface area contributed by atoms with Crippen LogP contribution in [0.2, 0.25) is 13.1 Å². The van der Waals surface area contributed by atoms with E-state index in [1.54, 1.807) is 12.1 Å². The maximum absolute atomic E-state index is 12.1. The van der Waals surface area contributed by atoms with Crippen molar-refractivity contribution in [1.29, 1.82) is 0 Å². The Balaban J connectivity index is 1.94. The predicted octanol–water partition coefficient (Wildman–Crippen LogP) is 4.40. The van der Waals surface area contributed by atoms with Gasteiger partial charge in [-0.05, 0) is 36.8 Å². The van der Waals surface area contributed by atoms with Gasteiger partial charge in [-0.2, -0.15) is 4.89 Å². The maximum atomic E-state index is 12.1. The number of hydrogen-bond donors (Lipinski definition) is 0. The molecule has 0 spiro atoms. The lowest BCUT2D eigenvalue weighted by molar-refractivity contribution is -0.248. The minimum atomic E-state index is -1.60. The molecule has 2 atom stereocenters. The fourth-order valence-electron chi connectivity index (χ4n) is 2.75. The van der Waals surface area contributed by atoms with Crippen LogP contribution in [0, 0.1) is 17.9 Å². The first-order chi connectivity index (χ1) is 10.8. The van der Waals surface area contributed by atoms with Crippen LogP contribution in [0.4, 0.5) is 0 Å². The third kappa shape index (κ3) is 4.55. The van der Waals surface area contributed by atoms with Crippen molar-refractivity contribution in [3.8, 4) is 0 Å². The molecular formula is C19H27O3Si. The molecule has 0 saturated heterocycles. The van der Waals surface area contributed by atoms with Crippen molar-refractivity contribution in [2.75, 3.05) is 0 Å². The quantitative estimate of drug-likeness (QED) is 0.456. The highest BCUT2D eigenvalue weighted by Crippen LogP contribution is 2.35. The fourth-order valence-corrected chi connectivity index (χ4v) is 4.01. The van der Waals surface area contributed by atoms with E-state index in [-0.39, 0.29) is 0 Å². The Bertz CT molecular complexity index is 550. The molecule has 1 saturated carbocycles. The van der Waals surface area contributed by atoms with Gasteiger partial charge in [0.25, 0.3) is 0 Å². The highest BCUT2D eigenvalue weighted by molar-refractivity contribution is 6.93. The van der Waals surface area contributed by atoms with Gasteiger partial charge in [-0.15, -0.1) is 6.58 Å². The molecule has 1 aliphatic carbocycles. The molecule has 1 fully saturated rings. The molecule has 4 heteroatoms. The van der Waals surface area contributed by atoms with E-state index in [4.69, 9.17) is 9.78 Å². The van der Waals surface area contributed by atoms with Gasteiger partial charge in [0, 0.05) is 0 Å². The molecule has 1 radical (unpaired) electrons. The summed E-state index contributed by atoms with van der Waals surface area (Å²) in [5.41, 5.74) is 2.55. The van der Waals surface area contributed by atoms with Crippen LogP contribution in [0.3, 0.4) is 0 Å². The van der Waals surface area contributed by atoms with E-state index in [1.165, 1.54) is 11.6 Å². The molecule has 23 heavy (non-hydrogen) atoms. The van der Waals surface area contributed by atoms with Gasteiger partial charge in [0.1, 0.15) is 8.07 Å². The standard InChI is InChI=1S/C19H27O3Si/c1-6-23(4,5)17-11-9-16(10-12-17)19(20)22-21-18-13-14(2)7-8-15(18)3/h6,9-12,14-15H,1,7-8,13H2,2-5H3. The Morgan fingerprint density at radius 3 is 2.48 bits per heavy atom. The number of hydrogen-bond acceptors (Lipinski definition) is 3. The van der Waals surface area contributed by atoms with Crippen LogP contribution in [0.5, 0.6) is 0 Å². The average Bonchev–Trinajstić information content (AvgIpc) is 2.55. The first kappa shape index (κ1) is 18.0. The molecule has 125 valence electrons. The zero-order valence-corrected chi connectivity index (χ0v) is 15.6. The largest absolute Gasteiger partial charge is 0.373 e. The van der Waals surface area contributed by atoms with Gasteiger partial charge in [0.15, 0.2) is 6.10 Å². The highest BCUT2D eigenvalue weighted by Gasteiger charge is 2.29. The summed E-state index contributed by atoms with van der Waals surface area (Å²) in [6.07, 6.45) is 4.04. The van der Waals surface area contributed by atoms with Crippen LogP contribution in [0.25, 0.3) is 0 Å². The first-order valence-electron chi connectivity index (χ1n) is 8.32. The van der Waals surface area contributed by atoms with E-state index in [0.29, 0.717) is 17.4 Å². The third-order valence-corrected chi connectivity index (χ3v) is 7.63. The molecule has 1 aromatic rings. The SMILES string of the molecule is C=C[Si](C)(C)c1ccc(C(=O)OO[C]2CC(C)CCC2C)cc1. The second-order valence-electron chi connectivity index (χ2n) is 7.21. The summed E-state index contributed by atoms with van der Waals surface area (Å²) in [4.78, 5) is 22.6. The van der Waals surface area contributed by atoms with E-state index in [0.717, 1.165) is 18.9 Å². The van der Waals surface area contributed by atoms with Crippen molar-refractivity contribution in [1.82, 2.24) is 0 Å². The Morgan fingerprint density at radius 1 is 1.22 bits per heavy atom. The van der Waals surface area contributed by atoms with Crippen LogP contribution in [-0.4, -0.2) is 14.0 Å². The van der Waals surface area contributed by atoms with Crippen LogP contribution in [0.15, 0.2) is 36.5 Å². The maximum Gasteiger partial charge on any atom is 0.373 e. The van der Waals surface area contributed by atoms with Gasteiger partial charge in [-0.3, -0.25) is 4.89 Å². The monoisotopic (exact) mass is 331 g/mol. The molecule has 1 aromatic carbocycles.